The first-order chi connectivity index (χ1) is 9.76. The topological polar surface area (TPSA) is 52.6 Å². The number of nitrogens with one attached hydrogen (secondary N) is 1. The lowest BCUT2D eigenvalue weighted by atomic mass is 9.92. The molecular formula is C17H26N2O2. The average Bonchev–Trinajstić information content (AvgIpc) is 2.75. The van der Waals surface area contributed by atoms with Gasteiger partial charge in [0.15, 0.2) is 0 Å². The Morgan fingerprint density at radius 2 is 2.14 bits per heavy atom. The number of amides is 1. The van der Waals surface area contributed by atoms with E-state index in [2.05, 4.69) is 29.4 Å². The number of fused-ring (bicyclic) bond motifs is 1. The van der Waals surface area contributed by atoms with Crippen molar-refractivity contribution in [2.45, 2.75) is 39.7 Å². The van der Waals surface area contributed by atoms with Crippen LogP contribution in [0, 0.1) is 5.41 Å². The van der Waals surface area contributed by atoms with Gasteiger partial charge in [0.05, 0.1) is 6.10 Å². The molecule has 1 unspecified atom stereocenters. The van der Waals surface area contributed by atoms with Crippen LogP contribution in [0.2, 0.25) is 0 Å². The first kappa shape index (κ1) is 15.8. The van der Waals surface area contributed by atoms with Crippen LogP contribution in [0.5, 0.6) is 0 Å². The van der Waals surface area contributed by atoms with E-state index >= 15 is 0 Å². The van der Waals surface area contributed by atoms with E-state index in [9.17, 15) is 9.90 Å². The van der Waals surface area contributed by atoms with Gasteiger partial charge in [-0.3, -0.25) is 4.79 Å². The molecule has 1 heterocycles. The number of carbonyl (C=O) groups excluding carboxylic acids is 1. The van der Waals surface area contributed by atoms with Crippen molar-refractivity contribution in [3.05, 3.63) is 29.3 Å². The molecule has 4 nitrogen and oxygen atoms in total. The number of aliphatic hydroxyl groups excluding tert-OH is 1. The smallest absolute Gasteiger partial charge is 0.220 e. The number of carbonyl (C=O) groups is 1. The molecule has 0 fully saturated rings. The summed E-state index contributed by atoms with van der Waals surface area (Å²) in [7, 11) is 2.08. The summed E-state index contributed by atoms with van der Waals surface area (Å²) >= 11 is 0. The largest absolute Gasteiger partial charge is 0.387 e. The first-order valence-electron chi connectivity index (χ1n) is 7.55. The molecule has 0 saturated heterocycles. The fourth-order valence-electron chi connectivity index (χ4n) is 2.67. The number of benzene rings is 1. The summed E-state index contributed by atoms with van der Waals surface area (Å²) in [4.78, 5) is 14.0. The zero-order valence-corrected chi connectivity index (χ0v) is 13.4. The molecule has 0 aliphatic carbocycles. The highest BCUT2D eigenvalue weighted by molar-refractivity contribution is 5.76. The molecule has 0 spiro atoms. The van der Waals surface area contributed by atoms with E-state index in [1.54, 1.807) is 0 Å². The van der Waals surface area contributed by atoms with Gasteiger partial charge in [-0.15, -0.1) is 0 Å². The van der Waals surface area contributed by atoms with E-state index in [4.69, 9.17) is 0 Å². The highest BCUT2D eigenvalue weighted by Gasteiger charge is 2.19. The van der Waals surface area contributed by atoms with Crippen molar-refractivity contribution in [1.29, 1.82) is 0 Å². The zero-order valence-electron chi connectivity index (χ0n) is 13.4. The van der Waals surface area contributed by atoms with Gasteiger partial charge >= 0.3 is 0 Å². The van der Waals surface area contributed by atoms with Gasteiger partial charge in [0.25, 0.3) is 0 Å². The fourth-order valence-corrected chi connectivity index (χ4v) is 2.67. The summed E-state index contributed by atoms with van der Waals surface area (Å²) in [6.45, 7) is 7.38. The highest BCUT2D eigenvalue weighted by atomic mass is 16.3. The maximum absolute atomic E-state index is 11.8. The second-order valence-electron chi connectivity index (χ2n) is 7.12. The molecule has 1 amide bonds. The van der Waals surface area contributed by atoms with Crippen LogP contribution in [0.3, 0.4) is 0 Å². The molecule has 1 aliphatic rings. The van der Waals surface area contributed by atoms with Crippen molar-refractivity contribution in [2.24, 2.45) is 5.41 Å². The summed E-state index contributed by atoms with van der Waals surface area (Å²) in [6, 6.07) is 6.05. The molecule has 1 aromatic rings. The zero-order chi connectivity index (χ0) is 15.6. The van der Waals surface area contributed by atoms with Gasteiger partial charge in [-0.05, 0) is 29.0 Å². The highest BCUT2D eigenvalue weighted by Crippen LogP contribution is 2.29. The van der Waals surface area contributed by atoms with Crippen LogP contribution in [0.15, 0.2) is 18.2 Å². The third-order valence-electron chi connectivity index (χ3n) is 3.80. The molecule has 21 heavy (non-hydrogen) atoms. The van der Waals surface area contributed by atoms with Crippen molar-refractivity contribution in [2.75, 3.05) is 25.0 Å². The van der Waals surface area contributed by atoms with E-state index < -0.39 is 6.10 Å². The van der Waals surface area contributed by atoms with Crippen molar-refractivity contribution < 1.29 is 9.90 Å². The van der Waals surface area contributed by atoms with E-state index in [0.717, 1.165) is 18.5 Å². The van der Waals surface area contributed by atoms with Crippen molar-refractivity contribution >= 4 is 11.6 Å². The minimum Gasteiger partial charge on any atom is -0.387 e. The Labute approximate surface area is 127 Å². The second kappa shape index (κ2) is 6.06. The number of anilines is 1. The molecule has 1 aromatic carbocycles. The predicted octanol–water partition coefficient (Wildman–Crippen LogP) is 2.26. The van der Waals surface area contributed by atoms with Crippen LogP contribution in [0.25, 0.3) is 0 Å². The second-order valence-corrected chi connectivity index (χ2v) is 7.12. The standard InChI is InChI=1S/C17H26N2O2/c1-17(2,3)10-16(21)18-11-15(20)13-5-6-14-12(9-13)7-8-19(14)4/h5-6,9,15,20H,7-8,10-11H2,1-4H3,(H,18,21). The van der Waals surface area contributed by atoms with E-state index in [0.29, 0.717) is 6.42 Å². The monoisotopic (exact) mass is 290 g/mol. The molecular weight excluding hydrogens is 264 g/mol. The average molecular weight is 290 g/mol. The molecule has 4 heteroatoms. The maximum Gasteiger partial charge on any atom is 0.220 e. The van der Waals surface area contributed by atoms with Gasteiger partial charge in [0.2, 0.25) is 5.91 Å². The van der Waals surface area contributed by atoms with E-state index in [1.807, 2.05) is 26.8 Å². The number of likely N-dealkylation sites (N-methyl/N-ethyl adjacent to an activating group) is 1. The van der Waals surface area contributed by atoms with Crippen LogP contribution in [-0.4, -0.2) is 31.2 Å². The van der Waals surface area contributed by atoms with Crippen molar-refractivity contribution in [3.63, 3.8) is 0 Å². The predicted molar refractivity (Wildman–Crippen MR) is 85.5 cm³/mol. The summed E-state index contributed by atoms with van der Waals surface area (Å²) in [5.74, 6) is -0.0116. The van der Waals surface area contributed by atoms with E-state index in [1.165, 1.54) is 11.3 Å². The van der Waals surface area contributed by atoms with Crippen molar-refractivity contribution in [1.82, 2.24) is 5.32 Å². The van der Waals surface area contributed by atoms with E-state index in [-0.39, 0.29) is 17.9 Å². The third-order valence-corrected chi connectivity index (χ3v) is 3.80. The molecule has 2 N–H and O–H groups in total. The maximum atomic E-state index is 11.8. The SMILES string of the molecule is CN1CCc2cc(C(O)CNC(=O)CC(C)(C)C)ccc21. The van der Waals surface area contributed by atoms with Crippen LogP contribution < -0.4 is 10.2 Å². The minimum absolute atomic E-state index is 0.0116. The van der Waals surface area contributed by atoms with Gasteiger partial charge in [0.1, 0.15) is 0 Å². The Kier molecular flexibility index (Phi) is 4.57. The van der Waals surface area contributed by atoms with Crippen LogP contribution in [0.1, 0.15) is 44.4 Å². The number of hydrogen-bond acceptors (Lipinski definition) is 3. The Morgan fingerprint density at radius 3 is 2.81 bits per heavy atom. The van der Waals surface area contributed by atoms with Gasteiger partial charge in [-0.25, -0.2) is 0 Å². The molecule has 0 bridgehead atoms. The third kappa shape index (κ3) is 4.21. The summed E-state index contributed by atoms with van der Waals surface area (Å²) in [5.41, 5.74) is 3.35. The normalized spacial score (nSPS) is 15.8. The number of aliphatic hydroxyl groups is 1. The quantitative estimate of drug-likeness (QED) is 0.894. The Morgan fingerprint density at radius 1 is 1.43 bits per heavy atom. The molecule has 116 valence electrons. The molecule has 1 aliphatic heterocycles. The molecule has 1 atom stereocenters. The summed E-state index contributed by atoms with van der Waals surface area (Å²) in [6.07, 6.45) is 0.836. The Balaban J connectivity index is 1.92. The number of rotatable bonds is 4. The lowest BCUT2D eigenvalue weighted by molar-refractivity contribution is -0.123. The van der Waals surface area contributed by atoms with Crippen LogP contribution in [-0.2, 0) is 11.2 Å². The van der Waals surface area contributed by atoms with Gasteiger partial charge in [-0.1, -0.05) is 32.9 Å². The number of hydrogen-bond donors (Lipinski definition) is 2. The van der Waals surface area contributed by atoms with Gasteiger partial charge in [0, 0.05) is 32.2 Å². The number of nitrogens with zero attached hydrogens (tertiary/aromatic N) is 1. The van der Waals surface area contributed by atoms with Gasteiger partial charge < -0.3 is 15.3 Å². The fraction of sp³-hybridized carbons (Fsp3) is 0.588. The Hall–Kier alpha value is -1.55. The van der Waals surface area contributed by atoms with Gasteiger partial charge in [-0.2, -0.15) is 0 Å². The molecule has 0 saturated carbocycles. The lowest BCUT2D eigenvalue weighted by Crippen LogP contribution is -2.31. The minimum atomic E-state index is -0.648. The van der Waals surface area contributed by atoms with Crippen LogP contribution in [0.4, 0.5) is 5.69 Å². The molecule has 0 radical (unpaired) electrons. The Bertz CT molecular complexity index is 520. The lowest BCUT2D eigenvalue weighted by Gasteiger charge is -2.19. The van der Waals surface area contributed by atoms with Crippen molar-refractivity contribution in [3.8, 4) is 0 Å². The van der Waals surface area contributed by atoms with Crippen LogP contribution >= 0.6 is 0 Å². The molecule has 2 rings (SSSR count). The molecule has 0 aromatic heterocycles. The summed E-state index contributed by atoms with van der Waals surface area (Å²) in [5, 5.41) is 13.1. The first-order valence-corrected chi connectivity index (χ1v) is 7.55. The summed E-state index contributed by atoms with van der Waals surface area (Å²) < 4.78 is 0.